The fourth-order valence-electron chi connectivity index (χ4n) is 4.15. The Balaban J connectivity index is 1.53. The highest BCUT2D eigenvalue weighted by Gasteiger charge is 2.35. The van der Waals surface area contributed by atoms with E-state index in [-0.39, 0.29) is 0 Å². The molecule has 1 aromatic carbocycles. The number of likely N-dealkylation sites (tertiary alicyclic amines) is 1. The first-order valence-electron chi connectivity index (χ1n) is 8.82. The zero-order valence-corrected chi connectivity index (χ0v) is 14.9. The Labute approximate surface area is 148 Å². The van der Waals surface area contributed by atoms with Gasteiger partial charge in [-0.05, 0) is 37.1 Å². The molecule has 3 heterocycles. The van der Waals surface area contributed by atoms with Crippen LogP contribution in [0.1, 0.15) is 18.9 Å². The van der Waals surface area contributed by atoms with E-state index in [0.717, 1.165) is 55.3 Å². The molecule has 2 fully saturated rings. The fraction of sp³-hybridized carbons (Fsp3) is 0.526. The Morgan fingerprint density at radius 1 is 1.21 bits per heavy atom. The van der Waals surface area contributed by atoms with Gasteiger partial charge >= 0.3 is 0 Å². The maximum Gasteiger partial charge on any atom is 0.0761 e. The molecule has 128 valence electrons. The molecule has 1 aromatic heterocycles. The lowest BCUT2D eigenvalue weighted by molar-refractivity contribution is 0.00985. The van der Waals surface area contributed by atoms with Crippen LogP contribution >= 0.6 is 11.6 Å². The van der Waals surface area contributed by atoms with Gasteiger partial charge in [-0.2, -0.15) is 0 Å². The first kappa shape index (κ1) is 16.3. The third-order valence-corrected chi connectivity index (χ3v) is 5.86. The number of benzene rings is 1. The van der Waals surface area contributed by atoms with E-state index in [1.807, 2.05) is 18.3 Å². The molecule has 2 saturated heterocycles. The molecular formula is C19H24ClN3O. The molecule has 24 heavy (non-hydrogen) atoms. The van der Waals surface area contributed by atoms with E-state index in [4.69, 9.17) is 16.3 Å². The molecule has 0 spiro atoms. The van der Waals surface area contributed by atoms with Crippen LogP contribution in [0.5, 0.6) is 0 Å². The van der Waals surface area contributed by atoms with Gasteiger partial charge in [0.25, 0.3) is 0 Å². The summed E-state index contributed by atoms with van der Waals surface area (Å²) >= 11 is 6.33. The van der Waals surface area contributed by atoms with Crippen molar-refractivity contribution >= 4 is 22.5 Å². The van der Waals surface area contributed by atoms with Crippen LogP contribution in [0, 0.1) is 0 Å². The molecule has 5 heteroatoms. The number of hydrogen-bond donors (Lipinski definition) is 0. The maximum absolute atomic E-state index is 6.33. The number of morpholine rings is 1. The smallest absolute Gasteiger partial charge is 0.0761 e. The summed E-state index contributed by atoms with van der Waals surface area (Å²) in [6.07, 6.45) is 3.09. The minimum absolute atomic E-state index is 0.553. The molecule has 4 nitrogen and oxygen atoms in total. The van der Waals surface area contributed by atoms with E-state index in [1.54, 1.807) is 0 Å². The van der Waals surface area contributed by atoms with Crippen LogP contribution < -0.4 is 0 Å². The molecule has 2 aromatic rings. The Kier molecular flexibility index (Phi) is 4.72. The topological polar surface area (TPSA) is 28.6 Å². The summed E-state index contributed by atoms with van der Waals surface area (Å²) in [5, 5.41) is 1.83. The van der Waals surface area contributed by atoms with Crippen molar-refractivity contribution in [3.8, 4) is 0 Å². The number of rotatable bonds is 3. The van der Waals surface area contributed by atoms with Crippen molar-refractivity contribution < 1.29 is 4.74 Å². The van der Waals surface area contributed by atoms with Gasteiger partial charge in [-0.25, -0.2) is 0 Å². The van der Waals surface area contributed by atoms with Gasteiger partial charge in [0.15, 0.2) is 0 Å². The number of aromatic nitrogens is 1. The van der Waals surface area contributed by atoms with Crippen LogP contribution in [0.3, 0.4) is 0 Å². The van der Waals surface area contributed by atoms with Gasteiger partial charge in [0.05, 0.1) is 18.7 Å². The lowest BCUT2D eigenvalue weighted by Crippen LogP contribution is -2.48. The Hall–Kier alpha value is -1.20. The summed E-state index contributed by atoms with van der Waals surface area (Å²) in [4.78, 5) is 9.76. The normalized spacial score (nSPS) is 26.2. The van der Waals surface area contributed by atoms with Crippen molar-refractivity contribution in [1.82, 2.24) is 14.8 Å². The van der Waals surface area contributed by atoms with Crippen molar-refractivity contribution in [2.75, 3.05) is 32.8 Å². The SMILES string of the molecule is C[C@@H]1[C@H](N2CCOCC2)CCN1Cc1ccc(Cl)c2cccnc12. The van der Waals surface area contributed by atoms with Crippen LogP contribution in [-0.2, 0) is 11.3 Å². The van der Waals surface area contributed by atoms with Gasteiger partial charge in [0.2, 0.25) is 0 Å². The third kappa shape index (κ3) is 3.04. The highest BCUT2D eigenvalue weighted by atomic mass is 35.5. The average molecular weight is 346 g/mol. The molecule has 0 aliphatic carbocycles. The van der Waals surface area contributed by atoms with E-state index >= 15 is 0 Å². The van der Waals surface area contributed by atoms with Crippen LogP contribution in [0.2, 0.25) is 5.02 Å². The second kappa shape index (κ2) is 6.96. The Morgan fingerprint density at radius 2 is 2.04 bits per heavy atom. The second-order valence-corrected chi connectivity index (χ2v) is 7.23. The predicted molar refractivity (Wildman–Crippen MR) is 97.4 cm³/mol. The molecule has 0 unspecified atom stereocenters. The van der Waals surface area contributed by atoms with Gasteiger partial charge in [0, 0.05) is 54.9 Å². The monoisotopic (exact) mass is 345 g/mol. The quantitative estimate of drug-likeness (QED) is 0.854. The molecule has 0 saturated carbocycles. The first-order chi connectivity index (χ1) is 11.7. The number of pyridine rings is 1. The molecule has 0 bridgehead atoms. The highest BCUT2D eigenvalue weighted by molar-refractivity contribution is 6.35. The number of nitrogens with zero attached hydrogens (tertiary/aromatic N) is 3. The molecule has 0 radical (unpaired) electrons. The molecule has 0 N–H and O–H groups in total. The van der Waals surface area contributed by atoms with Gasteiger partial charge in [0.1, 0.15) is 0 Å². The van der Waals surface area contributed by atoms with E-state index < -0.39 is 0 Å². The molecular weight excluding hydrogens is 322 g/mol. The highest BCUT2D eigenvalue weighted by Crippen LogP contribution is 2.29. The molecule has 2 atom stereocenters. The van der Waals surface area contributed by atoms with E-state index in [2.05, 4.69) is 33.8 Å². The number of halogens is 1. The van der Waals surface area contributed by atoms with E-state index in [9.17, 15) is 0 Å². The zero-order chi connectivity index (χ0) is 16.5. The molecule has 2 aliphatic heterocycles. The Morgan fingerprint density at radius 3 is 2.88 bits per heavy atom. The largest absolute Gasteiger partial charge is 0.379 e. The number of hydrogen-bond acceptors (Lipinski definition) is 4. The summed E-state index contributed by atoms with van der Waals surface area (Å²) in [5.41, 5.74) is 2.30. The summed E-state index contributed by atoms with van der Waals surface area (Å²) in [5.74, 6) is 0. The zero-order valence-electron chi connectivity index (χ0n) is 14.1. The van der Waals surface area contributed by atoms with Gasteiger partial charge < -0.3 is 4.74 Å². The summed E-state index contributed by atoms with van der Waals surface area (Å²) < 4.78 is 5.50. The minimum Gasteiger partial charge on any atom is -0.379 e. The van der Waals surface area contributed by atoms with Crippen LogP contribution in [0.25, 0.3) is 10.9 Å². The van der Waals surface area contributed by atoms with Crippen LogP contribution in [0.4, 0.5) is 0 Å². The lowest BCUT2D eigenvalue weighted by atomic mass is 10.1. The van der Waals surface area contributed by atoms with Crippen molar-refractivity contribution in [1.29, 1.82) is 0 Å². The van der Waals surface area contributed by atoms with E-state index in [1.165, 1.54) is 12.0 Å². The standard InChI is InChI=1S/C19H24ClN3O/c1-14-18(22-9-11-24-12-10-22)6-8-23(14)13-15-4-5-17(20)16-3-2-7-21-19(15)16/h2-5,7,14,18H,6,8-13H2,1H3/t14-,18-/m1/s1. The van der Waals surface area contributed by atoms with Gasteiger partial charge in [-0.15, -0.1) is 0 Å². The van der Waals surface area contributed by atoms with Crippen LogP contribution in [-0.4, -0.2) is 59.7 Å². The number of fused-ring (bicyclic) bond motifs is 1. The molecule has 0 amide bonds. The van der Waals surface area contributed by atoms with Crippen molar-refractivity contribution in [2.24, 2.45) is 0 Å². The fourth-order valence-corrected chi connectivity index (χ4v) is 4.36. The van der Waals surface area contributed by atoms with Crippen LogP contribution in [0.15, 0.2) is 30.5 Å². The summed E-state index contributed by atoms with van der Waals surface area (Å²) in [6.45, 7) is 8.30. The van der Waals surface area contributed by atoms with Gasteiger partial charge in [-0.1, -0.05) is 17.7 Å². The maximum atomic E-state index is 6.33. The summed E-state index contributed by atoms with van der Waals surface area (Å²) in [6, 6.07) is 9.33. The Bertz CT molecular complexity index is 717. The summed E-state index contributed by atoms with van der Waals surface area (Å²) in [7, 11) is 0. The third-order valence-electron chi connectivity index (χ3n) is 5.53. The van der Waals surface area contributed by atoms with E-state index in [0.29, 0.717) is 12.1 Å². The average Bonchev–Trinajstić information content (AvgIpc) is 2.99. The van der Waals surface area contributed by atoms with Gasteiger partial charge in [-0.3, -0.25) is 14.8 Å². The minimum atomic E-state index is 0.553. The van der Waals surface area contributed by atoms with Crippen molar-refractivity contribution in [3.05, 3.63) is 41.0 Å². The second-order valence-electron chi connectivity index (χ2n) is 6.82. The van der Waals surface area contributed by atoms with Crippen molar-refractivity contribution in [2.45, 2.75) is 32.0 Å². The molecule has 2 aliphatic rings. The predicted octanol–water partition coefficient (Wildman–Crippen LogP) is 3.18. The first-order valence-corrected chi connectivity index (χ1v) is 9.20. The number of ether oxygens (including phenoxy) is 1. The van der Waals surface area contributed by atoms with Crippen molar-refractivity contribution in [3.63, 3.8) is 0 Å². The molecule has 4 rings (SSSR count). The lowest BCUT2D eigenvalue weighted by Gasteiger charge is -2.36.